The number of carbonyl (C=O) groups is 2. The van der Waals surface area contributed by atoms with Gasteiger partial charge < -0.3 is 11.1 Å². The minimum Gasteiger partial charge on any atom is -0.366 e. The van der Waals surface area contributed by atoms with Crippen LogP contribution in [-0.2, 0) is 4.79 Å². The third kappa shape index (κ3) is 4.89. The molecule has 2 aromatic rings. The Morgan fingerprint density at radius 3 is 2.39 bits per heavy atom. The minimum absolute atomic E-state index is 0.183. The van der Waals surface area contributed by atoms with Gasteiger partial charge in [-0.15, -0.1) is 11.8 Å². The van der Waals surface area contributed by atoms with Crippen LogP contribution in [0.4, 0.5) is 5.69 Å². The summed E-state index contributed by atoms with van der Waals surface area (Å²) >= 11 is 13.4. The molecule has 4 nitrogen and oxygen atoms in total. The molecule has 2 aromatic carbocycles. The van der Waals surface area contributed by atoms with Gasteiger partial charge in [0, 0.05) is 21.2 Å². The number of hydrogen-bond donors (Lipinski definition) is 2. The van der Waals surface area contributed by atoms with Gasteiger partial charge in [0.2, 0.25) is 11.8 Å². The van der Waals surface area contributed by atoms with Crippen molar-refractivity contribution < 1.29 is 9.59 Å². The quantitative estimate of drug-likeness (QED) is 0.776. The maximum atomic E-state index is 12.2. The molecule has 0 aromatic heterocycles. The highest BCUT2D eigenvalue weighted by atomic mass is 35.5. The fraction of sp³-hybridized carbons (Fsp3) is 0.125. The number of anilines is 1. The zero-order valence-electron chi connectivity index (χ0n) is 12.2. The normalized spacial score (nSPS) is 11.8. The maximum absolute atomic E-state index is 12.2. The molecule has 0 heterocycles. The second kappa shape index (κ2) is 7.73. The van der Waals surface area contributed by atoms with Crippen molar-refractivity contribution >= 4 is 52.5 Å². The molecule has 0 unspecified atom stereocenters. The SMILES string of the molecule is C[C@@H](Sc1cc(Cl)ccc1Cl)C(=O)Nc1ccc(C(N)=O)cc1. The van der Waals surface area contributed by atoms with E-state index < -0.39 is 5.91 Å². The van der Waals surface area contributed by atoms with E-state index in [4.69, 9.17) is 28.9 Å². The van der Waals surface area contributed by atoms with Gasteiger partial charge in [0.15, 0.2) is 0 Å². The van der Waals surface area contributed by atoms with E-state index in [1.54, 1.807) is 49.4 Å². The van der Waals surface area contributed by atoms with Crippen molar-refractivity contribution in [1.29, 1.82) is 0 Å². The number of hydrogen-bond acceptors (Lipinski definition) is 3. The van der Waals surface area contributed by atoms with Crippen LogP contribution >= 0.6 is 35.0 Å². The van der Waals surface area contributed by atoms with Crippen LogP contribution in [0.1, 0.15) is 17.3 Å². The molecule has 0 radical (unpaired) electrons. The van der Waals surface area contributed by atoms with Crippen LogP contribution in [0.2, 0.25) is 10.0 Å². The van der Waals surface area contributed by atoms with Gasteiger partial charge in [-0.3, -0.25) is 9.59 Å². The number of amides is 2. The molecule has 0 saturated carbocycles. The van der Waals surface area contributed by atoms with Gasteiger partial charge in [-0.2, -0.15) is 0 Å². The fourth-order valence-corrected chi connectivity index (χ4v) is 3.18. The zero-order chi connectivity index (χ0) is 17.0. The Balaban J connectivity index is 2.02. The first-order chi connectivity index (χ1) is 10.9. The van der Waals surface area contributed by atoms with E-state index in [0.29, 0.717) is 21.3 Å². The summed E-state index contributed by atoms with van der Waals surface area (Å²) in [4.78, 5) is 24.0. The molecule has 23 heavy (non-hydrogen) atoms. The molecular formula is C16H14Cl2N2O2S. The third-order valence-corrected chi connectivity index (χ3v) is 4.84. The van der Waals surface area contributed by atoms with Gasteiger partial charge in [0.1, 0.15) is 0 Å². The Hall–Kier alpha value is -1.69. The topological polar surface area (TPSA) is 72.2 Å². The van der Waals surface area contributed by atoms with Crippen LogP contribution < -0.4 is 11.1 Å². The Morgan fingerprint density at radius 2 is 1.78 bits per heavy atom. The average molecular weight is 369 g/mol. The summed E-state index contributed by atoms with van der Waals surface area (Å²) in [5.74, 6) is -0.694. The standard InChI is InChI=1S/C16H14Cl2N2O2S/c1-9(23-14-8-11(17)4-7-13(14)18)16(22)20-12-5-2-10(3-6-12)15(19)21/h2-9H,1H3,(H2,19,21)(H,20,22)/t9-/m1/s1. The minimum atomic E-state index is -0.512. The van der Waals surface area contributed by atoms with Crippen molar-refractivity contribution in [2.45, 2.75) is 17.1 Å². The van der Waals surface area contributed by atoms with E-state index in [2.05, 4.69) is 5.32 Å². The van der Waals surface area contributed by atoms with E-state index in [1.165, 1.54) is 11.8 Å². The van der Waals surface area contributed by atoms with Crippen molar-refractivity contribution in [1.82, 2.24) is 0 Å². The predicted molar refractivity (Wildman–Crippen MR) is 95.4 cm³/mol. The van der Waals surface area contributed by atoms with Gasteiger partial charge in [-0.1, -0.05) is 23.2 Å². The van der Waals surface area contributed by atoms with Gasteiger partial charge >= 0.3 is 0 Å². The van der Waals surface area contributed by atoms with E-state index in [0.717, 1.165) is 4.90 Å². The number of nitrogens with two attached hydrogens (primary N) is 1. The average Bonchev–Trinajstić information content (AvgIpc) is 2.51. The molecule has 120 valence electrons. The summed E-state index contributed by atoms with van der Waals surface area (Å²) in [5.41, 5.74) is 6.15. The first-order valence-electron chi connectivity index (χ1n) is 6.69. The van der Waals surface area contributed by atoms with Crippen molar-refractivity contribution in [3.8, 4) is 0 Å². The van der Waals surface area contributed by atoms with Gasteiger partial charge in [0.25, 0.3) is 0 Å². The second-order valence-electron chi connectivity index (χ2n) is 4.77. The van der Waals surface area contributed by atoms with E-state index in [9.17, 15) is 9.59 Å². The lowest BCUT2D eigenvalue weighted by molar-refractivity contribution is -0.115. The molecule has 0 aliphatic carbocycles. The third-order valence-electron chi connectivity index (χ3n) is 3.00. The highest BCUT2D eigenvalue weighted by molar-refractivity contribution is 8.00. The molecule has 2 amide bonds. The number of thioether (sulfide) groups is 1. The Labute approximate surface area is 148 Å². The number of primary amides is 1. The lowest BCUT2D eigenvalue weighted by Crippen LogP contribution is -2.22. The highest BCUT2D eigenvalue weighted by Crippen LogP contribution is 2.33. The summed E-state index contributed by atoms with van der Waals surface area (Å²) in [6, 6.07) is 11.5. The van der Waals surface area contributed by atoms with Crippen molar-refractivity contribution in [3.05, 3.63) is 58.1 Å². The van der Waals surface area contributed by atoms with Crippen LogP contribution in [-0.4, -0.2) is 17.1 Å². The molecule has 3 N–H and O–H groups in total. The van der Waals surface area contributed by atoms with E-state index in [-0.39, 0.29) is 11.2 Å². The van der Waals surface area contributed by atoms with Gasteiger partial charge in [-0.05, 0) is 49.4 Å². The van der Waals surface area contributed by atoms with Crippen molar-refractivity contribution in [3.63, 3.8) is 0 Å². The molecule has 0 saturated heterocycles. The molecule has 0 fully saturated rings. The first-order valence-corrected chi connectivity index (χ1v) is 8.33. The number of carbonyl (C=O) groups excluding carboxylic acids is 2. The number of halogens is 2. The predicted octanol–water partition coefficient (Wildman–Crippen LogP) is 4.21. The zero-order valence-corrected chi connectivity index (χ0v) is 14.5. The summed E-state index contributed by atoms with van der Waals surface area (Å²) in [7, 11) is 0. The number of nitrogens with one attached hydrogen (secondary N) is 1. The smallest absolute Gasteiger partial charge is 0.248 e. The molecule has 2 rings (SSSR count). The van der Waals surface area contributed by atoms with Crippen LogP contribution in [0.3, 0.4) is 0 Å². The molecule has 0 aliphatic rings. The molecule has 0 aliphatic heterocycles. The lowest BCUT2D eigenvalue weighted by atomic mass is 10.2. The monoisotopic (exact) mass is 368 g/mol. The Bertz CT molecular complexity index is 735. The van der Waals surface area contributed by atoms with Gasteiger partial charge in [-0.25, -0.2) is 0 Å². The highest BCUT2D eigenvalue weighted by Gasteiger charge is 2.16. The lowest BCUT2D eigenvalue weighted by Gasteiger charge is -2.13. The van der Waals surface area contributed by atoms with Crippen LogP contribution in [0, 0.1) is 0 Å². The van der Waals surface area contributed by atoms with E-state index in [1.807, 2.05) is 0 Å². The summed E-state index contributed by atoms with van der Waals surface area (Å²) in [5, 5.41) is 3.51. The summed E-state index contributed by atoms with van der Waals surface area (Å²) in [6.45, 7) is 1.77. The fourth-order valence-electron chi connectivity index (χ4n) is 1.77. The summed E-state index contributed by atoms with van der Waals surface area (Å²) in [6.07, 6.45) is 0. The first kappa shape index (κ1) is 17.7. The van der Waals surface area contributed by atoms with Crippen LogP contribution in [0.25, 0.3) is 0 Å². The Kier molecular flexibility index (Phi) is 5.93. The Morgan fingerprint density at radius 1 is 1.13 bits per heavy atom. The van der Waals surface area contributed by atoms with Crippen molar-refractivity contribution in [2.24, 2.45) is 5.73 Å². The van der Waals surface area contributed by atoms with Crippen LogP contribution in [0.5, 0.6) is 0 Å². The number of benzene rings is 2. The molecule has 7 heteroatoms. The van der Waals surface area contributed by atoms with E-state index >= 15 is 0 Å². The van der Waals surface area contributed by atoms with Crippen LogP contribution in [0.15, 0.2) is 47.4 Å². The second-order valence-corrected chi connectivity index (χ2v) is 6.99. The number of rotatable bonds is 5. The molecule has 0 bridgehead atoms. The molecule has 0 spiro atoms. The van der Waals surface area contributed by atoms with Gasteiger partial charge in [0.05, 0.1) is 10.3 Å². The summed E-state index contributed by atoms with van der Waals surface area (Å²) < 4.78 is 0. The van der Waals surface area contributed by atoms with Crippen molar-refractivity contribution in [2.75, 3.05) is 5.32 Å². The largest absolute Gasteiger partial charge is 0.366 e. The molecule has 1 atom stereocenters. The maximum Gasteiger partial charge on any atom is 0.248 e. The molecular weight excluding hydrogens is 355 g/mol.